The maximum atomic E-state index is 12.6. The number of thiocarbonyl (C=S) groups is 1. The van der Waals surface area contributed by atoms with Crippen LogP contribution < -0.4 is 10.2 Å². The van der Waals surface area contributed by atoms with Gasteiger partial charge in [0, 0.05) is 25.0 Å². The summed E-state index contributed by atoms with van der Waals surface area (Å²) in [7, 11) is 0. The van der Waals surface area contributed by atoms with Crippen LogP contribution in [0.4, 0.5) is 11.4 Å². The minimum Gasteiger partial charge on any atom is -0.326 e. The molecular weight excluding hydrogens is 342 g/mol. The Bertz CT molecular complexity index is 833. The minimum absolute atomic E-state index is 0.145. The van der Waals surface area contributed by atoms with Crippen molar-refractivity contribution in [3.05, 3.63) is 59.3 Å². The molecule has 0 radical (unpaired) electrons. The van der Waals surface area contributed by atoms with Crippen LogP contribution in [0, 0.1) is 0 Å². The number of benzene rings is 1. The van der Waals surface area contributed by atoms with Crippen molar-refractivity contribution in [2.75, 3.05) is 10.2 Å². The van der Waals surface area contributed by atoms with Crippen LogP contribution in [-0.4, -0.2) is 21.1 Å². The minimum atomic E-state index is -0.158. The van der Waals surface area contributed by atoms with Crippen molar-refractivity contribution < 1.29 is 9.59 Å². The van der Waals surface area contributed by atoms with Gasteiger partial charge in [0.15, 0.2) is 4.32 Å². The number of rotatable bonds is 3. The molecule has 0 unspecified atom stereocenters. The average Bonchev–Trinajstić information content (AvgIpc) is 2.83. The lowest BCUT2D eigenvalue weighted by Gasteiger charge is -2.15. The Kier molecular flexibility index (Phi) is 4.73. The SMILES string of the molecule is CC(=O)Nc1ccc(N2C(=O)/C(=C\c3ccncc3)SC2=S)cc1. The van der Waals surface area contributed by atoms with Crippen LogP contribution in [0.5, 0.6) is 0 Å². The van der Waals surface area contributed by atoms with Crippen LogP contribution in [0.2, 0.25) is 0 Å². The highest BCUT2D eigenvalue weighted by Crippen LogP contribution is 2.36. The van der Waals surface area contributed by atoms with E-state index in [1.807, 2.05) is 12.1 Å². The number of carbonyl (C=O) groups excluding carboxylic acids is 2. The first-order valence-electron chi connectivity index (χ1n) is 7.10. The number of amides is 2. The normalized spacial score (nSPS) is 15.9. The molecule has 1 aliphatic heterocycles. The maximum absolute atomic E-state index is 12.6. The molecule has 1 N–H and O–H groups in total. The van der Waals surface area contributed by atoms with Gasteiger partial charge < -0.3 is 5.32 Å². The van der Waals surface area contributed by atoms with Crippen LogP contribution in [0.1, 0.15) is 12.5 Å². The molecule has 0 aliphatic carbocycles. The van der Waals surface area contributed by atoms with Crippen molar-refractivity contribution in [2.45, 2.75) is 6.92 Å². The lowest BCUT2D eigenvalue weighted by molar-refractivity contribution is -0.114. The lowest BCUT2D eigenvalue weighted by atomic mass is 10.2. The van der Waals surface area contributed by atoms with E-state index in [1.165, 1.54) is 23.6 Å². The summed E-state index contributed by atoms with van der Waals surface area (Å²) in [6.45, 7) is 1.44. The fraction of sp³-hybridized carbons (Fsp3) is 0.0588. The fourth-order valence-electron chi connectivity index (χ4n) is 2.20. The zero-order chi connectivity index (χ0) is 17.1. The van der Waals surface area contributed by atoms with Crippen LogP contribution in [-0.2, 0) is 9.59 Å². The molecule has 120 valence electrons. The van der Waals surface area contributed by atoms with E-state index in [-0.39, 0.29) is 11.8 Å². The second-order valence-corrected chi connectivity index (χ2v) is 6.70. The number of hydrogen-bond acceptors (Lipinski definition) is 5. The molecule has 1 aromatic heterocycles. The smallest absolute Gasteiger partial charge is 0.270 e. The van der Waals surface area contributed by atoms with Crippen LogP contribution in [0.3, 0.4) is 0 Å². The number of nitrogens with one attached hydrogen (secondary N) is 1. The summed E-state index contributed by atoms with van der Waals surface area (Å²) in [5.74, 6) is -0.303. The number of hydrogen-bond donors (Lipinski definition) is 1. The zero-order valence-corrected chi connectivity index (χ0v) is 14.4. The van der Waals surface area contributed by atoms with Gasteiger partial charge in [-0.25, -0.2) is 0 Å². The van der Waals surface area contributed by atoms with Crippen molar-refractivity contribution in [3.8, 4) is 0 Å². The molecule has 1 aliphatic rings. The summed E-state index contributed by atoms with van der Waals surface area (Å²) in [5.41, 5.74) is 2.24. The third kappa shape index (κ3) is 3.52. The highest BCUT2D eigenvalue weighted by atomic mass is 32.2. The van der Waals surface area contributed by atoms with E-state index in [9.17, 15) is 9.59 Å². The van der Waals surface area contributed by atoms with E-state index in [4.69, 9.17) is 12.2 Å². The van der Waals surface area contributed by atoms with Gasteiger partial charge in [-0.1, -0.05) is 24.0 Å². The van der Waals surface area contributed by atoms with Gasteiger partial charge in [0.2, 0.25) is 5.91 Å². The molecule has 0 atom stereocenters. The molecule has 3 rings (SSSR count). The highest BCUT2D eigenvalue weighted by Gasteiger charge is 2.33. The van der Waals surface area contributed by atoms with Crippen LogP contribution in [0.15, 0.2) is 53.7 Å². The highest BCUT2D eigenvalue weighted by molar-refractivity contribution is 8.27. The molecule has 0 saturated carbocycles. The van der Waals surface area contributed by atoms with E-state index < -0.39 is 0 Å². The van der Waals surface area contributed by atoms with Crippen LogP contribution in [0.25, 0.3) is 6.08 Å². The van der Waals surface area contributed by atoms with E-state index in [1.54, 1.807) is 42.7 Å². The number of nitrogens with zero attached hydrogens (tertiary/aromatic N) is 2. The second-order valence-electron chi connectivity index (χ2n) is 5.03. The number of anilines is 2. The van der Waals surface area contributed by atoms with Gasteiger partial charge in [0.05, 0.1) is 10.6 Å². The molecule has 24 heavy (non-hydrogen) atoms. The van der Waals surface area contributed by atoms with Gasteiger partial charge in [0.1, 0.15) is 0 Å². The summed E-state index contributed by atoms with van der Waals surface area (Å²) in [6.07, 6.45) is 5.15. The second kappa shape index (κ2) is 6.94. The van der Waals surface area contributed by atoms with E-state index in [2.05, 4.69) is 10.3 Å². The molecule has 7 heteroatoms. The average molecular weight is 355 g/mol. The molecule has 5 nitrogen and oxygen atoms in total. The number of carbonyl (C=O) groups is 2. The Morgan fingerprint density at radius 3 is 2.50 bits per heavy atom. The van der Waals surface area contributed by atoms with E-state index in [0.717, 1.165) is 5.56 Å². The van der Waals surface area contributed by atoms with Gasteiger partial charge in [0.25, 0.3) is 5.91 Å². The summed E-state index contributed by atoms with van der Waals surface area (Å²) in [5, 5.41) is 2.69. The standard InChI is InChI=1S/C17H13N3O2S2/c1-11(21)19-13-2-4-14(5-3-13)20-16(22)15(24-17(20)23)10-12-6-8-18-9-7-12/h2-10H,1H3,(H,19,21)/b15-10+. The Morgan fingerprint density at radius 2 is 1.88 bits per heavy atom. The van der Waals surface area contributed by atoms with E-state index >= 15 is 0 Å². The third-order valence-corrected chi connectivity index (χ3v) is 4.55. The third-order valence-electron chi connectivity index (χ3n) is 3.24. The molecule has 2 aromatic rings. The summed E-state index contributed by atoms with van der Waals surface area (Å²) >= 11 is 6.61. The molecule has 1 fully saturated rings. The zero-order valence-electron chi connectivity index (χ0n) is 12.7. The first kappa shape index (κ1) is 16.4. The fourth-order valence-corrected chi connectivity index (χ4v) is 3.50. The van der Waals surface area contributed by atoms with E-state index in [0.29, 0.717) is 20.6 Å². The first-order chi connectivity index (χ1) is 11.5. The maximum Gasteiger partial charge on any atom is 0.270 e. The monoisotopic (exact) mass is 355 g/mol. The molecule has 0 spiro atoms. The molecule has 1 saturated heterocycles. The quantitative estimate of drug-likeness (QED) is 0.675. The van der Waals surface area contributed by atoms with Gasteiger partial charge >= 0.3 is 0 Å². The molecule has 1 aromatic carbocycles. The predicted molar refractivity (Wildman–Crippen MR) is 101 cm³/mol. The first-order valence-corrected chi connectivity index (χ1v) is 8.33. The summed E-state index contributed by atoms with van der Waals surface area (Å²) in [6, 6.07) is 10.6. The number of pyridine rings is 1. The Morgan fingerprint density at radius 1 is 1.21 bits per heavy atom. The van der Waals surface area contributed by atoms with Crippen molar-refractivity contribution in [2.24, 2.45) is 0 Å². The molecular formula is C17H13N3O2S2. The topological polar surface area (TPSA) is 62.3 Å². The number of thioether (sulfide) groups is 1. The van der Waals surface area contributed by atoms with Gasteiger partial charge in [-0.15, -0.1) is 0 Å². The summed E-state index contributed by atoms with van der Waals surface area (Å²) in [4.78, 5) is 29.7. The van der Waals surface area contributed by atoms with Gasteiger partial charge in [-0.3, -0.25) is 19.5 Å². The predicted octanol–water partition coefficient (Wildman–Crippen LogP) is 3.45. The number of aromatic nitrogens is 1. The molecule has 2 heterocycles. The van der Waals surface area contributed by atoms with Crippen molar-refractivity contribution >= 4 is 57.6 Å². The Labute approximate surface area is 148 Å². The lowest BCUT2D eigenvalue weighted by Crippen LogP contribution is -2.27. The van der Waals surface area contributed by atoms with Crippen molar-refractivity contribution in [1.82, 2.24) is 4.98 Å². The Balaban J connectivity index is 1.84. The van der Waals surface area contributed by atoms with Gasteiger partial charge in [-0.05, 0) is 48.0 Å². The van der Waals surface area contributed by atoms with Crippen molar-refractivity contribution in [3.63, 3.8) is 0 Å². The largest absolute Gasteiger partial charge is 0.326 e. The van der Waals surface area contributed by atoms with Crippen molar-refractivity contribution in [1.29, 1.82) is 0 Å². The molecule has 0 bridgehead atoms. The summed E-state index contributed by atoms with van der Waals surface area (Å²) < 4.78 is 0.479. The van der Waals surface area contributed by atoms with Crippen LogP contribution >= 0.6 is 24.0 Å². The van der Waals surface area contributed by atoms with Gasteiger partial charge in [-0.2, -0.15) is 0 Å². The Hall–Kier alpha value is -2.51. The molecule has 2 amide bonds.